The lowest BCUT2D eigenvalue weighted by atomic mass is 9.98. The monoisotopic (exact) mass is 404 g/mol. The second-order valence-corrected chi connectivity index (χ2v) is 7.06. The van der Waals surface area contributed by atoms with Gasteiger partial charge in [0.25, 0.3) is 5.91 Å². The minimum Gasteiger partial charge on any atom is -0.452 e. The molecule has 0 aliphatic heterocycles. The molecule has 144 valence electrons. The minimum absolute atomic E-state index is 0.0831. The summed E-state index contributed by atoms with van der Waals surface area (Å²) in [6, 6.07) is 16.9. The summed E-state index contributed by atoms with van der Waals surface area (Å²) >= 11 is 1.20. The number of benzene rings is 2. The van der Waals surface area contributed by atoms with E-state index >= 15 is 0 Å². The number of rotatable bonds is 6. The number of esters is 1. The van der Waals surface area contributed by atoms with Crippen molar-refractivity contribution in [3.63, 3.8) is 0 Å². The number of carbonyl (C=O) groups is 3. The third kappa shape index (κ3) is 4.75. The highest BCUT2D eigenvalue weighted by Crippen LogP contribution is 2.22. The zero-order valence-corrected chi connectivity index (χ0v) is 16.3. The van der Waals surface area contributed by atoms with E-state index in [-0.39, 0.29) is 16.9 Å². The van der Waals surface area contributed by atoms with Crippen LogP contribution in [0.3, 0.4) is 0 Å². The Balaban J connectivity index is 1.70. The Bertz CT molecular complexity index is 1110. The van der Waals surface area contributed by atoms with Crippen molar-refractivity contribution >= 4 is 34.0 Å². The molecule has 0 saturated heterocycles. The van der Waals surface area contributed by atoms with Crippen LogP contribution < -0.4 is 5.32 Å². The molecule has 1 aromatic heterocycles. The molecule has 0 unspecified atom stereocenters. The van der Waals surface area contributed by atoms with Crippen LogP contribution in [0.4, 0.5) is 5.00 Å². The van der Waals surface area contributed by atoms with Crippen LogP contribution in [0.2, 0.25) is 0 Å². The Morgan fingerprint density at radius 3 is 2.41 bits per heavy atom. The van der Waals surface area contributed by atoms with Crippen LogP contribution in [-0.4, -0.2) is 24.3 Å². The molecule has 1 amide bonds. The summed E-state index contributed by atoms with van der Waals surface area (Å²) in [4.78, 5) is 37.3. The van der Waals surface area contributed by atoms with Crippen molar-refractivity contribution in [2.45, 2.75) is 6.92 Å². The maximum absolute atomic E-state index is 12.8. The molecule has 2 aromatic carbocycles. The van der Waals surface area contributed by atoms with E-state index in [9.17, 15) is 14.4 Å². The maximum Gasteiger partial charge on any atom is 0.339 e. The van der Waals surface area contributed by atoms with Crippen molar-refractivity contribution in [2.75, 3.05) is 11.9 Å². The zero-order valence-electron chi connectivity index (χ0n) is 15.5. The van der Waals surface area contributed by atoms with Crippen LogP contribution in [0.15, 0.2) is 60.0 Å². The Morgan fingerprint density at radius 1 is 1.03 bits per heavy atom. The summed E-state index contributed by atoms with van der Waals surface area (Å²) in [6.45, 7) is 1.38. The summed E-state index contributed by atoms with van der Waals surface area (Å²) in [6.07, 6.45) is 0. The lowest BCUT2D eigenvalue weighted by Gasteiger charge is -2.09. The third-order valence-corrected chi connectivity index (χ3v) is 4.91. The fourth-order valence-electron chi connectivity index (χ4n) is 2.59. The number of amides is 1. The van der Waals surface area contributed by atoms with Crippen molar-refractivity contribution in [2.24, 2.45) is 0 Å². The molecule has 0 radical (unpaired) electrons. The fourth-order valence-corrected chi connectivity index (χ4v) is 3.34. The molecule has 1 N–H and O–H groups in total. The van der Waals surface area contributed by atoms with Crippen LogP contribution in [0, 0.1) is 18.3 Å². The SMILES string of the molecule is Cc1ccc(C(=O)c2ccccc2C(=O)OCC(=O)Nc2sccc2C#N)cc1. The van der Waals surface area contributed by atoms with Gasteiger partial charge in [0.1, 0.15) is 11.1 Å². The van der Waals surface area contributed by atoms with E-state index in [2.05, 4.69) is 5.32 Å². The highest BCUT2D eigenvalue weighted by molar-refractivity contribution is 7.14. The van der Waals surface area contributed by atoms with Crippen LogP contribution in [0.25, 0.3) is 0 Å². The highest BCUT2D eigenvalue weighted by atomic mass is 32.1. The van der Waals surface area contributed by atoms with Crippen LogP contribution in [0.1, 0.15) is 37.4 Å². The lowest BCUT2D eigenvalue weighted by molar-refractivity contribution is -0.119. The van der Waals surface area contributed by atoms with E-state index in [1.54, 1.807) is 41.8 Å². The molecule has 3 rings (SSSR count). The molecular weight excluding hydrogens is 388 g/mol. The number of aryl methyl sites for hydroxylation is 1. The first kappa shape index (κ1) is 20.0. The van der Waals surface area contributed by atoms with Gasteiger partial charge in [-0.15, -0.1) is 11.3 Å². The van der Waals surface area contributed by atoms with Gasteiger partial charge < -0.3 is 10.1 Å². The molecule has 0 aliphatic rings. The number of anilines is 1. The van der Waals surface area contributed by atoms with Gasteiger partial charge in [0.2, 0.25) is 0 Å². The van der Waals surface area contributed by atoms with Crippen molar-refractivity contribution in [1.82, 2.24) is 0 Å². The van der Waals surface area contributed by atoms with Gasteiger partial charge in [-0.2, -0.15) is 5.26 Å². The van der Waals surface area contributed by atoms with Crippen molar-refractivity contribution in [3.8, 4) is 6.07 Å². The summed E-state index contributed by atoms with van der Waals surface area (Å²) in [5.41, 5.74) is 2.09. The summed E-state index contributed by atoms with van der Waals surface area (Å²) in [7, 11) is 0. The fraction of sp³-hybridized carbons (Fsp3) is 0.0909. The molecule has 1 heterocycles. The van der Waals surface area contributed by atoms with Gasteiger partial charge in [-0.3, -0.25) is 9.59 Å². The second kappa shape index (κ2) is 8.95. The molecular formula is C22H16N2O4S. The lowest BCUT2D eigenvalue weighted by Crippen LogP contribution is -2.22. The molecule has 0 fully saturated rings. The number of thiophene rings is 1. The predicted octanol–water partition coefficient (Wildman–Crippen LogP) is 3.95. The Labute approximate surface area is 171 Å². The van der Waals surface area contributed by atoms with E-state index in [0.29, 0.717) is 16.1 Å². The standard InChI is InChI=1S/C22H16N2O4S/c1-14-6-8-15(9-7-14)20(26)17-4-2-3-5-18(17)22(27)28-13-19(25)24-21-16(12-23)10-11-29-21/h2-11H,13H2,1H3,(H,24,25). The summed E-state index contributed by atoms with van der Waals surface area (Å²) in [5, 5.41) is 13.6. The quantitative estimate of drug-likeness (QED) is 0.496. The number of nitrogens with one attached hydrogen (secondary N) is 1. The molecule has 0 bridgehead atoms. The first-order chi connectivity index (χ1) is 14.0. The third-order valence-electron chi connectivity index (χ3n) is 4.08. The molecule has 6 nitrogen and oxygen atoms in total. The molecule has 3 aromatic rings. The van der Waals surface area contributed by atoms with Crippen molar-refractivity contribution < 1.29 is 19.1 Å². The maximum atomic E-state index is 12.8. The first-order valence-corrected chi connectivity index (χ1v) is 9.52. The normalized spacial score (nSPS) is 10.1. The van der Waals surface area contributed by atoms with E-state index < -0.39 is 18.5 Å². The first-order valence-electron chi connectivity index (χ1n) is 8.64. The van der Waals surface area contributed by atoms with Crippen molar-refractivity contribution in [3.05, 3.63) is 87.8 Å². The van der Waals surface area contributed by atoms with Gasteiger partial charge in [0.05, 0.1) is 11.1 Å². The van der Waals surface area contributed by atoms with Crippen LogP contribution >= 0.6 is 11.3 Å². The molecule has 0 aliphatic carbocycles. The van der Waals surface area contributed by atoms with Gasteiger partial charge >= 0.3 is 5.97 Å². The minimum atomic E-state index is -0.775. The zero-order chi connectivity index (χ0) is 20.8. The average Bonchev–Trinajstić information content (AvgIpc) is 3.19. The molecule has 7 heteroatoms. The number of ether oxygens (including phenoxy) is 1. The number of carbonyl (C=O) groups excluding carboxylic acids is 3. The van der Waals surface area contributed by atoms with Gasteiger partial charge in [-0.1, -0.05) is 48.0 Å². The number of ketones is 1. The van der Waals surface area contributed by atoms with E-state index in [0.717, 1.165) is 5.56 Å². The number of hydrogen-bond acceptors (Lipinski definition) is 6. The second-order valence-electron chi connectivity index (χ2n) is 6.14. The van der Waals surface area contributed by atoms with Gasteiger partial charge in [0.15, 0.2) is 12.4 Å². The van der Waals surface area contributed by atoms with Gasteiger partial charge in [-0.05, 0) is 24.4 Å². The molecule has 29 heavy (non-hydrogen) atoms. The summed E-state index contributed by atoms with van der Waals surface area (Å²) in [5.74, 6) is -1.65. The van der Waals surface area contributed by atoms with Gasteiger partial charge in [0, 0.05) is 11.1 Å². The average molecular weight is 404 g/mol. The van der Waals surface area contributed by atoms with Gasteiger partial charge in [-0.25, -0.2) is 4.79 Å². The largest absolute Gasteiger partial charge is 0.452 e. The van der Waals surface area contributed by atoms with Crippen LogP contribution in [0.5, 0.6) is 0 Å². The molecule has 0 atom stereocenters. The molecule has 0 spiro atoms. The number of nitriles is 1. The smallest absolute Gasteiger partial charge is 0.339 e. The Morgan fingerprint density at radius 2 is 1.72 bits per heavy atom. The van der Waals surface area contributed by atoms with E-state index in [1.807, 2.05) is 25.1 Å². The predicted molar refractivity (Wildman–Crippen MR) is 109 cm³/mol. The van der Waals surface area contributed by atoms with Crippen LogP contribution in [-0.2, 0) is 9.53 Å². The summed E-state index contributed by atoms with van der Waals surface area (Å²) < 4.78 is 5.08. The number of nitrogens with zero attached hydrogens (tertiary/aromatic N) is 1. The molecule has 0 saturated carbocycles. The topological polar surface area (TPSA) is 96.3 Å². The van der Waals surface area contributed by atoms with E-state index in [1.165, 1.54) is 17.4 Å². The Hall–Kier alpha value is -3.76. The number of hydrogen-bond donors (Lipinski definition) is 1. The Kier molecular flexibility index (Phi) is 6.17. The highest BCUT2D eigenvalue weighted by Gasteiger charge is 2.20. The van der Waals surface area contributed by atoms with Crippen molar-refractivity contribution in [1.29, 1.82) is 5.26 Å². The van der Waals surface area contributed by atoms with E-state index in [4.69, 9.17) is 10.00 Å².